The molecule has 0 unspecified atom stereocenters. The Kier molecular flexibility index (Phi) is 7.88. The number of amides is 1. The third-order valence-corrected chi connectivity index (χ3v) is 9.10. The van der Waals surface area contributed by atoms with Crippen molar-refractivity contribution in [1.29, 1.82) is 0 Å². The average Bonchev–Trinajstić information content (AvgIpc) is 3.17. The summed E-state index contributed by atoms with van der Waals surface area (Å²) in [7, 11) is -3.07. The first-order chi connectivity index (χ1) is 15.9. The number of fused-ring (bicyclic) bond motifs is 1. The molecule has 2 saturated heterocycles. The van der Waals surface area contributed by atoms with E-state index >= 15 is 0 Å². The van der Waals surface area contributed by atoms with Crippen molar-refractivity contribution in [3.05, 3.63) is 30.1 Å². The van der Waals surface area contributed by atoms with Crippen LogP contribution in [0.3, 0.4) is 0 Å². The predicted molar refractivity (Wildman–Crippen MR) is 130 cm³/mol. The van der Waals surface area contributed by atoms with Crippen LogP contribution in [-0.2, 0) is 25.9 Å². The number of nitrogens with zero attached hydrogens (tertiary/aromatic N) is 4. The van der Waals surface area contributed by atoms with E-state index in [1.807, 2.05) is 38.1 Å². The van der Waals surface area contributed by atoms with Gasteiger partial charge in [-0.15, -0.1) is 0 Å². The zero-order valence-electron chi connectivity index (χ0n) is 19.3. The van der Waals surface area contributed by atoms with E-state index < -0.39 is 9.84 Å². The molecule has 0 bridgehead atoms. The molecule has 33 heavy (non-hydrogen) atoms. The van der Waals surface area contributed by atoms with Gasteiger partial charge in [-0.1, -0.05) is 36.9 Å². The Morgan fingerprint density at radius 2 is 2.03 bits per heavy atom. The van der Waals surface area contributed by atoms with E-state index in [9.17, 15) is 13.2 Å². The highest BCUT2D eigenvalue weighted by atomic mass is 32.2. The lowest BCUT2D eigenvalue weighted by Crippen LogP contribution is -2.47. The van der Waals surface area contributed by atoms with Crippen LogP contribution in [0.4, 0.5) is 0 Å². The molecular weight excluding hydrogens is 460 g/mol. The van der Waals surface area contributed by atoms with Gasteiger partial charge < -0.3 is 9.64 Å². The van der Waals surface area contributed by atoms with Crippen molar-refractivity contribution in [3.8, 4) is 0 Å². The maximum absolute atomic E-state index is 13.3. The lowest BCUT2D eigenvalue weighted by molar-refractivity contribution is -0.132. The van der Waals surface area contributed by atoms with Gasteiger partial charge in [0.05, 0.1) is 42.5 Å². The van der Waals surface area contributed by atoms with Crippen LogP contribution in [0.15, 0.2) is 29.3 Å². The van der Waals surface area contributed by atoms with Crippen LogP contribution in [0.25, 0.3) is 10.9 Å². The minimum atomic E-state index is -3.07. The summed E-state index contributed by atoms with van der Waals surface area (Å²) < 4.78 is 29.5. The molecule has 2 aliphatic heterocycles. The number of rotatable bonds is 8. The highest BCUT2D eigenvalue weighted by molar-refractivity contribution is 8.00. The number of hydrogen-bond donors (Lipinski definition) is 0. The molecule has 3 heterocycles. The number of thioether (sulfide) groups is 1. The summed E-state index contributed by atoms with van der Waals surface area (Å²) in [5, 5.41) is 1.72. The Hall–Kier alpha value is -1.75. The van der Waals surface area contributed by atoms with Crippen LogP contribution in [0.5, 0.6) is 0 Å². The number of carbonyl (C=O) groups excluding carboxylic acids is 1. The fourth-order valence-electron chi connectivity index (χ4n) is 4.44. The number of carbonyl (C=O) groups is 1. The third-order valence-electron chi connectivity index (χ3n) is 6.37. The summed E-state index contributed by atoms with van der Waals surface area (Å²) in [5.74, 6) is 1.15. The number of ether oxygens (including phenoxy) is 1. The second-order valence-electron chi connectivity index (χ2n) is 8.75. The zero-order chi connectivity index (χ0) is 23.4. The Morgan fingerprint density at radius 3 is 2.73 bits per heavy atom. The van der Waals surface area contributed by atoms with Crippen molar-refractivity contribution in [1.82, 2.24) is 19.8 Å². The van der Waals surface area contributed by atoms with Gasteiger partial charge >= 0.3 is 0 Å². The molecule has 0 N–H and O–H groups in total. The monoisotopic (exact) mass is 492 g/mol. The van der Waals surface area contributed by atoms with Gasteiger partial charge in [-0.25, -0.2) is 18.4 Å². The standard InChI is InChI=1S/C23H32N4O4S2/c1-3-17(2)27(18-8-13-33(29,30)16-18)22(28)15-32-23-19-6-4-5-7-20(19)24-21(25-23)14-26-9-11-31-12-10-26/h4-7,17-18H,3,8-16H2,1-2H3/t17-,18+/m1/s1. The molecule has 2 atom stereocenters. The van der Waals surface area contributed by atoms with Crippen molar-refractivity contribution < 1.29 is 17.9 Å². The number of aromatic nitrogens is 2. The molecule has 4 rings (SSSR count). The summed E-state index contributed by atoms with van der Waals surface area (Å²) in [6.45, 7) is 7.80. The maximum atomic E-state index is 13.3. The van der Waals surface area contributed by atoms with E-state index in [0.29, 0.717) is 26.2 Å². The van der Waals surface area contributed by atoms with E-state index in [2.05, 4.69) is 4.90 Å². The molecule has 0 radical (unpaired) electrons. The summed E-state index contributed by atoms with van der Waals surface area (Å²) in [4.78, 5) is 26.9. The van der Waals surface area contributed by atoms with Crippen molar-refractivity contribution in [3.63, 3.8) is 0 Å². The van der Waals surface area contributed by atoms with Gasteiger partial charge in [0.15, 0.2) is 9.84 Å². The van der Waals surface area contributed by atoms with Gasteiger partial charge in [-0.3, -0.25) is 9.69 Å². The first kappa shape index (κ1) is 24.4. The topological polar surface area (TPSA) is 92.7 Å². The maximum Gasteiger partial charge on any atom is 0.233 e. The molecule has 1 aromatic carbocycles. The molecule has 2 fully saturated rings. The minimum absolute atomic E-state index is 0.00424. The van der Waals surface area contributed by atoms with Crippen LogP contribution >= 0.6 is 11.8 Å². The molecule has 1 amide bonds. The van der Waals surface area contributed by atoms with Gasteiger partial charge in [-0.05, 0) is 25.8 Å². The second kappa shape index (κ2) is 10.7. The molecule has 10 heteroatoms. The fourth-order valence-corrected chi connectivity index (χ4v) is 7.06. The predicted octanol–water partition coefficient (Wildman–Crippen LogP) is 2.37. The second-order valence-corrected chi connectivity index (χ2v) is 11.9. The highest BCUT2D eigenvalue weighted by Gasteiger charge is 2.36. The van der Waals surface area contributed by atoms with E-state index in [1.165, 1.54) is 11.8 Å². The average molecular weight is 493 g/mol. The quantitative estimate of drug-likeness (QED) is 0.410. The number of morpholine rings is 1. The van der Waals surface area contributed by atoms with E-state index in [0.717, 1.165) is 41.3 Å². The normalized spacial score (nSPS) is 21.8. The fraction of sp³-hybridized carbons (Fsp3) is 0.609. The Labute approximate surface area is 200 Å². The number of para-hydroxylation sites is 1. The molecule has 2 aliphatic rings. The lowest BCUT2D eigenvalue weighted by Gasteiger charge is -2.33. The van der Waals surface area contributed by atoms with Gasteiger partial charge in [0.2, 0.25) is 5.91 Å². The summed E-state index contributed by atoms with van der Waals surface area (Å²) >= 11 is 1.41. The molecule has 2 aromatic rings. The SMILES string of the molecule is CC[C@@H](C)N(C(=O)CSc1nc(CN2CCOCC2)nc2ccccc12)[C@H]1CCS(=O)(=O)C1. The van der Waals surface area contributed by atoms with E-state index in [1.54, 1.807) is 4.90 Å². The summed E-state index contributed by atoms with van der Waals surface area (Å²) in [6.07, 6.45) is 1.30. The molecule has 0 saturated carbocycles. The van der Waals surface area contributed by atoms with Gasteiger partial charge in [0.1, 0.15) is 10.9 Å². The van der Waals surface area contributed by atoms with Gasteiger partial charge in [-0.2, -0.15) is 0 Å². The molecule has 180 valence electrons. The lowest BCUT2D eigenvalue weighted by atomic mass is 10.1. The zero-order valence-corrected chi connectivity index (χ0v) is 20.9. The molecule has 8 nitrogen and oxygen atoms in total. The highest BCUT2D eigenvalue weighted by Crippen LogP contribution is 2.28. The van der Waals surface area contributed by atoms with E-state index in [4.69, 9.17) is 14.7 Å². The first-order valence-corrected chi connectivity index (χ1v) is 14.4. The van der Waals surface area contributed by atoms with Gasteiger partial charge in [0, 0.05) is 30.6 Å². The molecular formula is C23H32N4O4S2. The van der Waals surface area contributed by atoms with Crippen LogP contribution in [0, 0.1) is 0 Å². The summed E-state index contributed by atoms with van der Waals surface area (Å²) in [5.41, 5.74) is 0.867. The van der Waals surface area contributed by atoms with Crippen molar-refractivity contribution in [2.45, 2.75) is 50.3 Å². The summed E-state index contributed by atoms with van der Waals surface area (Å²) in [6, 6.07) is 7.62. The van der Waals surface area contributed by atoms with Gasteiger partial charge in [0.25, 0.3) is 0 Å². The Balaban J connectivity index is 1.52. The smallest absolute Gasteiger partial charge is 0.233 e. The van der Waals surface area contributed by atoms with Crippen LogP contribution in [0.2, 0.25) is 0 Å². The van der Waals surface area contributed by atoms with Crippen LogP contribution < -0.4 is 0 Å². The first-order valence-electron chi connectivity index (χ1n) is 11.6. The molecule has 0 spiro atoms. The van der Waals surface area contributed by atoms with Crippen molar-refractivity contribution in [2.24, 2.45) is 0 Å². The third kappa shape index (κ3) is 6.03. The largest absolute Gasteiger partial charge is 0.379 e. The molecule has 1 aromatic heterocycles. The van der Waals surface area contributed by atoms with E-state index in [-0.39, 0.29) is 35.2 Å². The Bertz CT molecular complexity index is 1090. The number of benzene rings is 1. The Morgan fingerprint density at radius 1 is 1.27 bits per heavy atom. The number of hydrogen-bond acceptors (Lipinski definition) is 8. The van der Waals surface area contributed by atoms with Crippen LogP contribution in [0.1, 0.15) is 32.5 Å². The molecule has 0 aliphatic carbocycles. The number of sulfone groups is 1. The minimum Gasteiger partial charge on any atom is -0.379 e. The van der Waals surface area contributed by atoms with Crippen molar-refractivity contribution in [2.75, 3.05) is 43.6 Å². The van der Waals surface area contributed by atoms with Crippen molar-refractivity contribution >= 4 is 38.4 Å². The van der Waals surface area contributed by atoms with Crippen LogP contribution in [-0.4, -0.2) is 89.7 Å².